The molecule has 3 rings (SSSR count). The predicted molar refractivity (Wildman–Crippen MR) is 112 cm³/mol. The summed E-state index contributed by atoms with van der Waals surface area (Å²) in [5, 5.41) is 3.89. The molecule has 0 aliphatic rings. The van der Waals surface area contributed by atoms with Crippen molar-refractivity contribution in [2.75, 3.05) is 7.11 Å². The van der Waals surface area contributed by atoms with Crippen molar-refractivity contribution in [1.29, 1.82) is 0 Å². The molecule has 2 aromatic heterocycles. The summed E-state index contributed by atoms with van der Waals surface area (Å²) in [5.41, 5.74) is 2.12. The first-order chi connectivity index (χ1) is 14.0. The van der Waals surface area contributed by atoms with E-state index >= 15 is 0 Å². The Hall–Kier alpha value is -2.80. The van der Waals surface area contributed by atoms with Gasteiger partial charge in [-0.25, -0.2) is 9.78 Å². The lowest BCUT2D eigenvalue weighted by Crippen LogP contribution is -2.43. The van der Waals surface area contributed by atoms with Crippen LogP contribution in [0.1, 0.15) is 41.6 Å². The number of carbonyl (C=O) groups excluding carboxylic acids is 2. The second kappa shape index (κ2) is 9.13. The molecule has 2 heterocycles. The smallest absolute Gasteiger partial charge is 0.328 e. The number of carbonyl (C=O) groups is 2. The van der Waals surface area contributed by atoms with Crippen molar-refractivity contribution in [2.24, 2.45) is 7.05 Å². The summed E-state index contributed by atoms with van der Waals surface area (Å²) in [6.07, 6.45) is 4.83. The number of fused-ring (bicyclic) bond motifs is 1. The van der Waals surface area contributed by atoms with Crippen molar-refractivity contribution in [2.45, 2.75) is 38.6 Å². The van der Waals surface area contributed by atoms with Crippen LogP contribution in [0.3, 0.4) is 0 Å². The first kappa shape index (κ1) is 20.9. The van der Waals surface area contributed by atoms with Gasteiger partial charge in [0.15, 0.2) is 5.15 Å². The zero-order valence-corrected chi connectivity index (χ0v) is 17.5. The summed E-state index contributed by atoms with van der Waals surface area (Å²) in [6.45, 7) is 2.09. The monoisotopic (exact) mass is 416 g/mol. The van der Waals surface area contributed by atoms with E-state index in [-0.39, 0.29) is 10.8 Å². The number of ether oxygens (including phenoxy) is 1. The molecule has 154 valence electrons. The van der Waals surface area contributed by atoms with Crippen LogP contribution in [0.4, 0.5) is 0 Å². The Labute approximate surface area is 174 Å². The van der Waals surface area contributed by atoms with Crippen LogP contribution in [0.15, 0.2) is 30.5 Å². The van der Waals surface area contributed by atoms with Crippen LogP contribution in [-0.2, 0) is 29.4 Å². The number of aryl methyl sites for hydroxylation is 1. The number of para-hydroxylation sites is 1. The number of halogens is 1. The van der Waals surface area contributed by atoms with E-state index in [1.54, 1.807) is 11.6 Å². The van der Waals surface area contributed by atoms with Crippen LogP contribution in [0.5, 0.6) is 0 Å². The predicted octanol–water partition coefficient (Wildman–Crippen LogP) is 3.41. The summed E-state index contributed by atoms with van der Waals surface area (Å²) in [4.78, 5) is 32.8. The third kappa shape index (κ3) is 4.45. The molecular weight excluding hydrogens is 392 g/mol. The van der Waals surface area contributed by atoms with Gasteiger partial charge in [0.05, 0.1) is 7.11 Å². The maximum Gasteiger partial charge on any atom is 0.328 e. The standard InChI is InChI=1S/C21H25ClN4O3/c1-4-5-10-17-25-19(22)18(26(17)2)20(27)24-16(21(28)29-3)11-13-12-23-15-9-7-6-8-14(13)15/h6-9,12,16,23H,4-5,10-11H2,1-3H3,(H,24,27)/t16-/m0/s1. The second-order valence-electron chi connectivity index (χ2n) is 6.94. The molecule has 0 aliphatic heterocycles. The van der Waals surface area contributed by atoms with Gasteiger partial charge in [-0.1, -0.05) is 43.1 Å². The largest absolute Gasteiger partial charge is 0.467 e. The molecule has 29 heavy (non-hydrogen) atoms. The van der Waals surface area contributed by atoms with Gasteiger partial charge in [0.2, 0.25) is 0 Å². The molecule has 0 aliphatic carbocycles. The first-order valence-corrected chi connectivity index (χ1v) is 9.98. The van der Waals surface area contributed by atoms with E-state index in [0.29, 0.717) is 6.42 Å². The number of methoxy groups -OCH3 is 1. The highest BCUT2D eigenvalue weighted by atomic mass is 35.5. The summed E-state index contributed by atoms with van der Waals surface area (Å²) >= 11 is 6.23. The summed E-state index contributed by atoms with van der Waals surface area (Å²) < 4.78 is 6.60. The normalized spacial score (nSPS) is 12.1. The number of H-pyrrole nitrogens is 1. The molecule has 1 amide bonds. The highest BCUT2D eigenvalue weighted by Crippen LogP contribution is 2.21. The van der Waals surface area contributed by atoms with Crippen molar-refractivity contribution < 1.29 is 14.3 Å². The number of aromatic nitrogens is 3. The van der Waals surface area contributed by atoms with Crippen molar-refractivity contribution >= 4 is 34.4 Å². The Bertz CT molecular complexity index is 1020. The highest BCUT2D eigenvalue weighted by molar-refractivity contribution is 6.32. The fourth-order valence-corrected chi connectivity index (χ4v) is 3.71. The minimum absolute atomic E-state index is 0.131. The van der Waals surface area contributed by atoms with Gasteiger partial charge in [0.1, 0.15) is 17.6 Å². The first-order valence-electron chi connectivity index (χ1n) is 9.61. The summed E-state index contributed by atoms with van der Waals surface area (Å²) in [7, 11) is 3.06. The van der Waals surface area contributed by atoms with E-state index in [4.69, 9.17) is 16.3 Å². The zero-order chi connectivity index (χ0) is 21.0. The molecule has 1 atom stereocenters. The van der Waals surface area contributed by atoms with Crippen molar-refractivity contribution in [1.82, 2.24) is 19.9 Å². The molecule has 0 saturated heterocycles. The number of amides is 1. The summed E-state index contributed by atoms with van der Waals surface area (Å²) in [6, 6.07) is 6.94. The molecule has 0 spiro atoms. The number of hydrogen-bond acceptors (Lipinski definition) is 4. The van der Waals surface area contributed by atoms with Crippen LogP contribution in [0.25, 0.3) is 10.9 Å². The number of hydrogen-bond donors (Lipinski definition) is 2. The zero-order valence-electron chi connectivity index (χ0n) is 16.8. The van der Waals surface area contributed by atoms with Gasteiger partial charge in [0.25, 0.3) is 5.91 Å². The van der Waals surface area contributed by atoms with Gasteiger partial charge in [-0.3, -0.25) is 4.79 Å². The minimum atomic E-state index is -0.850. The lowest BCUT2D eigenvalue weighted by molar-refractivity contribution is -0.142. The molecule has 7 nitrogen and oxygen atoms in total. The van der Waals surface area contributed by atoms with Crippen molar-refractivity contribution in [3.05, 3.63) is 52.7 Å². The van der Waals surface area contributed by atoms with Gasteiger partial charge in [-0.2, -0.15) is 0 Å². The topological polar surface area (TPSA) is 89.0 Å². The van der Waals surface area contributed by atoms with Crippen molar-refractivity contribution in [3.8, 4) is 0 Å². The van der Waals surface area contributed by atoms with E-state index in [1.807, 2.05) is 30.5 Å². The number of esters is 1. The lowest BCUT2D eigenvalue weighted by Gasteiger charge is -2.17. The number of benzene rings is 1. The molecule has 0 radical (unpaired) electrons. The van der Waals surface area contributed by atoms with Crippen LogP contribution in [0, 0.1) is 0 Å². The number of unbranched alkanes of at least 4 members (excludes halogenated alkanes) is 1. The van der Waals surface area contributed by atoms with Crippen LogP contribution in [0.2, 0.25) is 5.15 Å². The van der Waals surface area contributed by atoms with Gasteiger partial charge < -0.3 is 19.6 Å². The number of imidazole rings is 1. The molecule has 8 heteroatoms. The molecule has 0 fully saturated rings. The quantitative estimate of drug-likeness (QED) is 0.551. The number of nitrogens with zero attached hydrogens (tertiary/aromatic N) is 2. The second-order valence-corrected chi connectivity index (χ2v) is 7.30. The van der Waals surface area contributed by atoms with Crippen LogP contribution >= 0.6 is 11.6 Å². The Morgan fingerprint density at radius 2 is 2.10 bits per heavy atom. The third-order valence-corrected chi connectivity index (χ3v) is 5.27. The van der Waals surface area contributed by atoms with Crippen LogP contribution < -0.4 is 5.32 Å². The fourth-order valence-electron chi connectivity index (χ4n) is 3.40. The van der Waals surface area contributed by atoms with E-state index in [2.05, 4.69) is 22.2 Å². The van der Waals surface area contributed by atoms with Gasteiger partial charge >= 0.3 is 5.97 Å². The number of aromatic amines is 1. The highest BCUT2D eigenvalue weighted by Gasteiger charge is 2.27. The van der Waals surface area contributed by atoms with Gasteiger partial charge in [-0.05, 0) is 18.1 Å². The Morgan fingerprint density at radius 1 is 1.34 bits per heavy atom. The van der Waals surface area contributed by atoms with E-state index in [9.17, 15) is 9.59 Å². The fraction of sp³-hybridized carbons (Fsp3) is 0.381. The Balaban J connectivity index is 1.83. The average molecular weight is 417 g/mol. The molecule has 1 aromatic carbocycles. The average Bonchev–Trinajstić information content (AvgIpc) is 3.25. The molecule has 2 N–H and O–H groups in total. The SMILES string of the molecule is CCCCc1nc(Cl)c(C(=O)N[C@@H](Cc2c[nH]c3ccccc23)C(=O)OC)n1C. The Morgan fingerprint density at radius 3 is 2.83 bits per heavy atom. The van der Waals surface area contributed by atoms with E-state index in [1.165, 1.54) is 7.11 Å². The van der Waals surface area contributed by atoms with Gasteiger partial charge in [0, 0.05) is 37.0 Å². The molecule has 0 bridgehead atoms. The molecule has 0 saturated carbocycles. The maximum atomic E-state index is 12.9. The molecular formula is C21H25ClN4O3. The molecule has 0 unspecified atom stereocenters. The summed E-state index contributed by atoms with van der Waals surface area (Å²) in [5.74, 6) is -0.232. The Kier molecular flexibility index (Phi) is 6.59. The van der Waals surface area contributed by atoms with E-state index < -0.39 is 17.9 Å². The minimum Gasteiger partial charge on any atom is -0.467 e. The van der Waals surface area contributed by atoms with E-state index in [0.717, 1.165) is 41.6 Å². The van der Waals surface area contributed by atoms with Crippen molar-refractivity contribution in [3.63, 3.8) is 0 Å². The number of nitrogens with one attached hydrogen (secondary N) is 2. The molecule has 3 aromatic rings. The van der Waals surface area contributed by atoms with Gasteiger partial charge in [-0.15, -0.1) is 0 Å². The van der Waals surface area contributed by atoms with Crippen LogP contribution in [-0.4, -0.2) is 39.6 Å². The third-order valence-electron chi connectivity index (χ3n) is 5.00. The number of rotatable bonds is 8. The maximum absolute atomic E-state index is 12.9. The lowest BCUT2D eigenvalue weighted by atomic mass is 10.0.